The number of nitrogens with zero attached hydrogens (tertiary/aromatic N) is 1. The second-order valence-electron chi connectivity index (χ2n) is 9.44. The third-order valence-electron chi connectivity index (χ3n) is 4.00. The highest BCUT2D eigenvalue weighted by Gasteiger charge is 2.28. The predicted octanol–water partition coefficient (Wildman–Crippen LogP) is 4.81. The van der Waals surface area contributed by atoms with E-state index in [2.05, 4.69) is 5.32 Å². The molecule has 0 spiro atoms. The number of amides is 1. The first kappa shape index (κ1) is 25.6. The first-order valence-corrected chi connectivity index (χ1v) is 10.5. The number of nitrogens with one attached hydrogen (secondary N) is 1. The Morgan fingerprint density at radius 3 is 2.15 bits per heavy atom. The lowest BCUT2D eigenvalue weighted by Crippen LogP contribution is -2.46. The van der Waals surface area contributed by atoms with Crippen LogP contribution < -0.4 is 14.8 Å². The molecule has 2 rings (SSSR count). The summed E-state index contributed by atoms with van der Waals surface area (Å²) in [7, 11) is 0. The fraction of sp³-hybridized carbons (Fsp3) is 0.417. The van der Waals surface area contributed by atoms with Gasteiger partial charge in [-0.15, -0.1) is 0 Å². The van der Waals surface area contributed by atoms with Crippen LogP contribution in [0.4, 0.5) is 10.5 Å². The summed E-state index contributed by atoms with van der Waals surface area (Å²) in [5.41, 5.74) is -0.526. The summed E-state index contributed by atoms with van der Waals surface area (Å²) >= 11 is 0. The van der Waals surface area contributed by atoms with Crippen LogP contribution >= 0.6 is 0 Å². The van der Waals surface area contributed by atoms with Crippen LogP contribution in [0.3, 0.4) is 0 Å². The van der Waals surface area contributed by atoms with Gasteiger partial charge in [0.2, 0.25) is 0 Å². The lowest BCUT2D eigenvalue weighted by atomic mass is 10.0. The minimum Gasteiger partial charge on any atom is -0.488 e. The molecule has 2 aromatic rings. The van der Waals surface area contributed by atoms with Crippen molar-refractivity contribution in [1.82, 2.24) is 5.32 Å². The van der Waals surface area contributed by atoms with Crippen molar-refractivity contribution in [3.63, 3.8) is 0 Å². The van der Waals surface area contributed by atoms with Gasteiger partial charge < -0.3 is 19.5 Å². The average molecular weight is 459 g/mol. The molecule has 0 aromatic heterocycles. The van der Waals surface area contributed by atoms with Gasteiger partial charge in [0, 0.05) is 18.6 Å². The summed E-state index contributed by atoms with van der Waals surface area (Å²) < 4.78 is 16.5. The van der Waals surface area contributed by atoms with Gasteiger partial charge >= 0.3 is 12.1 Å². The standard InChI is InChI=1S/C24H30N2O7/c1-23(2,3)32-19-9-7-8-16(14-19)15-20(21(27)33-24(4,5)6)25-22(28)31-18-12-10-17(11-13-18)26(29)30/h7-14,20H,15H2,1-6H3,(H,25,28)/t20-/m1/s1. The normalized spacial score (nSPS) is 12.4. The first-order chi connectivity index (χ1) is 15.2. The first-order valence-electron chi connectivity index (χ1n) is 10.5. The van der Waals surface area contributed by atoms with E-state index in [1.807, 2.05) is 32.9 Å². The van der Waals surface area contributed by atoms with Crippen molar-refractivity contribution in [2.75, 3.05) is 0 Å². The Balaban J connectivity index is 2.16. The Morgan fingerprint density at radius 2 is 1.61 bits per heavy atom. The van der Waals surface area contributed by atoms with Crippen molar-refractivity contribution < 1.29 is 28.7 Å². The third-order valence-corrected chi connectivity index (χ3v) is 4.00. The number of ether oxygens (including phenoxy) is 3. The molecule has 0 aliphatic rings. The van der Waals surface area contributed by atoms with Gasteiger partial charge in [0.05, 0.1) is 4.92 Å². The van der Waals surface area contributed by atoms with Crippen molar-refractivity contribution in [2.45, 2.75) is 65.2 Å². The molecule has 9 nitrogen and oxygen atoms in total. The summed E-state index contributed by atoms with van der Waals surface area (Å²) in [6.07, 6.45) is -0.743. The van der Waals surface area contributed by atoms with Crippen LogP contribution in [-0.2, 0) is 16.0 Å². The summed E-state index contributed by atoms with van der Waals surface area (Å²) in [5, 5.41) is 13.3. The number of carbonyl (C=O) groups is 2. The highest BCUT2D eigenvalue weighted by molar-refractivity contribution is 5.82. The van der Waals surface area contributed by atoms with Gasteiger partial charge in [0.1, 0.15) is 28.7 Å². The number of non-ortho nitro benzene ring substituents is 1. The number of benzene rings is 2. The van der Waals surface area contributed by atoms with E-state index in [0.717, 1.165) is 5.56 Å². The third kappa shape index (κ3) is 9.18. The highest BCUT2D eigenvalue weighted by Crippen LogP contribution is 2.21. The van der Waals surface area contributed by atoms with E-state index in [0.29, 0.717) is 5.75 Å². The average Bonchev–Trinajstić information content (AvgIpc) is 2.65. The molecule has 0 saturated carbocycles. The summed E-state index contributed by atoms with van der Waals surface area (Å²) in [5.74, 6) is 0.114. The molecule has 0 fully saturated rings. The van der Waals surface area contributed by atoms with Crippen molar-refractivity contribution in [2.24, 2.45) is 0 Å². The Hall–Kier alpha value is -3.62. The fourth-order valence-electron chi connectivity index (χ4n) is 2.81. The van der Waals surface area contributed by atoms with Crippen molar-refractivity contribution in [3.8, 4) is 11.5 Å². The molecule has 0 unspecified atom stereocenters. The maximum absolute atomic E-state index is 12.8. The maximum Gasteiger partial charge on any atom is 0.413 e. The minimum absolute atomic E-state index is 0.0987. The lowest BCUT2D eigenvalue weighted by Gasteiger charge is -2.25. The van der Waals surface area contributed by atoms with Crippen molar-refractivity contribution >= 4 is 17.7 Å². The Morgan fingerprint density at radius 1 is 0.970 bits per heavy atom. The van der Waals surface area contributed by atoms with Crippen LogP contribution in [-0.4, -0.2) is 34.2 Å². The van der Waals surface area contributed by atoms with Crippen LogP contribution in [0, 0.1) is 10.1 Å². The Labute approximate surface area is 193 Å². The van der Waals surface area contributed by atoms with E-state index in [1.54, 1.807) is 32.9 Å². The molecular weight excluding hydrogens is 428 g/mol. The summed E-state index contributed by atoms with van der Waals surface area (Å²) in [6.45, 7) is 11.0. The van der Waals surface area contributed by atoms with Gasteiger partial charge in [-0.3, -0.25) is 10.1 Å². The summed E-state index contributed by atoms with van der Waals surface area (Å²) in [4.78, 5) is 35.5. The number of rotatable bonds is 7. The summed E-state index contributed by atoms with van der Waals surface area (Å²) in [6, 6.07) is 11.2. The van der Waals surface area contributed by atoms with Gasteiger partial charge in [0.25, 0.3) is 5.69 Å². The van der Waals surface area contributed by atoms with Crippen molar-refractivity contribution in [3.05, 3.63) is 64.2 Å². The van der Waals surface area contributed by atoms with E-state index < -0.39 is 34.2 Å². The van der Waals surface area contributed by atoms with Gasteiger partial charge in [0.15, 0.2) is 0 Å². The Kier molecular flexibility index (Phi) is 8.03. The van der Waals surface area contributed by atoms with E-state index in [4.69, 9.17) is 14.2 Å². The number of nitro groups is 1. The quantitative estimate of drug-likeness (QED) is 0.359. The Bertz CT molecular complexity index is 989. The van der Waals surface area contributed by atoms with E-state index in [1.165, 1.54) is 24.3 Å². The van der Waals surface area contributed by atoms with Crippen LogP contribution in [0.5, 0.6) is 11.5 Å². The van der Waals surface area contributed by atoms with E-state index in [9.17, 15) is 19.7 Å². The zero-order valence-corrected chi connectivity index (χ0v) is 19.7. The molecule has 0 radical (unpaired) electrons. The van der Waals surface area contributed by atoms with Gasteiger partial charge in [-0.05, 0) is 71.4 Å². The molecule has 178 valence electrons. The molecule has 1 amide bonds. The van der Waals surface area contributed by atoms with Gasteiger partial charge in [-0.2, -0.15) is 0 Å². The monoisotopic (exact) mass is 458 g/mol. The van der Waals surface area contributed by atoms with Crippen LogP contribution in [0.2, 0.25) is 0 Å². The second-order valence-corrected chi connectivity index (χ2v) is 9.44. The molecule has 33 heavy (non-hydrogen) atoms. The zero-order valence-electron chi connectivity index (χ0n) is 19.7. The largest absolute Gasteiger partial charge is 0.488 e. The zero-order chi connectivity index (χ0) is 24.8. The molecule has 2 aromatic carbocycles. The number of carbonyl (C=O) groups excluding carboxylic acids is 2. The number of hydrogen-bond acceptors (Lipinski definition) is 7. The molecule has 0 bridgehead atoms. The number of hydrogen-bond donors (Lipinski definition) is 1. The van der Waals surface area contributed by atoms with E-state index >= 15 is 0 Å². The number of nitro benzene ring substituents is 1. The van der Waals surface area contributed by atoms with E-state index in [-0.39, 0.29) is 17.9 Å². The lowest BCUT2D eigenvalue weighted by molar-refractivity contribution is -0.384. The fourth-order valence-corrected chi connectivity index (χ4v) is 2.81. The molecular formula is C24H30N2O7. The van der Waals surface area contributed by atoms with Gasteiger partial charge in [-0.1, -0.05) is 12.1 Å². The van der Waals surface area contributed by atoms with Crippen molar-refractivity contribution in [1.29, 1.82) is 0 Å². The minimum atomic E-state index is -1.03. The van der Waals surface area contributed by atoms with Crippen LogP contribution in [0.25, 0.3) is 0 Å². The molecule has 0 saturated heterocycles. The predicted molar refractivity (Wildman–Crippen MR) is 122 cm³/mol. The highest BCUT2D eigenvalue weighted by atomic mass is 16.6. The maximum atomic E-state index is 12.8. The molecule has 9 heteroatoms. The molecule has 0 aliphatic heterocycles. The molecule has 1 N–H and O–H groups in total. The van der Waals surface area contributed by atoms with Crippen LogP contribution in [0.15, 0.2) is 48.5 Å². The van der Waals surface area contributed by atoms with Crippen LogP contribution in [0.1, 0.15) is 47.1 Å². The molecule has 0 heterocycles. The topological polar surface area (TPSA) is 117 Å². The smallest absolute Gasteiger partial charge is 0.413 e. The van der Waals surface area contributed by atoms with Gasteiger partial charge in [-0.25, -0.2) is 9.59 Å². The molecule has 1 atom stereocenters. The second kappa shape index (κ2) is 10.3. The molecule has 0 aliphatic carbocycles. The SMILES string of the molecule is CC(C)(C)OC(=O)[C@@H](Cc1cccc(OC(C)(C)C)c1)NC(=O)Oc1ccc([N+](=O)[O-])cc1. The number of esters is 1.